The van der Waals surface area contributed by atoms with Crippen LogP contribution in [0.1, 0.15) is 13.8 Å². The van der Waals surface area contributed by atoms with Crippen molar-refractivity contribution in [3.63, 3.8) is 0 Å². The fraction of sp³-hybridized carbons (Fsp3) is 0.414. The van der Waals surface area contributed by atoms with E-state index in [0.29, 0.717) is 78.9 Å². The van der Waals surface area contributed by atoms with Crippen LogP contribution in [0.3, 0.4) is 0 Å². The standard InChI is InChI=1S/C12H15BN2O4S2.C11H17BN2O4S2.C11H17BN2O2S2.C10H13BN2O3S2.C9H14N2O2S2.C6H6FNO2S.C3H9NS.2C2H4Cl2.C2H3ClO.CBClO.CH4O.B.H2O/c1-9(16)14-21(18,19)11-5-3-10(4-6-11)15(12(13)17)7-8-20-2;1-13-20(15,16)11-5-3-10(4-6-11)14(9-12)7-8-19-18-17-2;1-13-18(15,16)11-5-3-10(4-6-11)14(9-12)7-8-17-2;1-17-7-6-13(10(11)14)8-2-4-9(5-3-8)18(12,15)16;1-14-7-6-11-8-2-4-9(5-3-8)15(10,12)13;7-5-1-3-6(4-2-5)11(8,9)10;1-5-3-2-4;2*3-1-2-4;1-2(3)4;2-1(3)4;1-2;;/h3-6H,7-8H2,1-2H3,(H,14,16);3-6,13H,7-9H2,1-2H3;3-6,13H,7-9H2,1-2H3;2-5H,6-7H2,1H3,(H2,12,15,16);2-5,11H,6-7H2,1H3,(H2,10,12,13);1-4H,(H2,8,9,10);2-4H2,1H3;2*1-2H2;1H3;;2H,1H3;;1H2. The van der Waals surface area contributed by atoms with Gasteiger partial charge in [-0.2, -0.15) is 63.1 Å². The predicted octanol–water partition coefficient (Wildman–Crippen LogP) is 7.91. The van der Waals surface area contributed by atoms with Crippen LogP contribution >= 0.6 is 140 Å². The Labute approximate surface area is 820 Å². The summed E-state index contributed by atoms with van der Waals surface area (Å²) in [4.78, 5) is 63.3. The molecule has 0 aliphatic carbocycles. The second-order valence-corrected chi connectivity index (χ2v) is 40.6. The number of alkyl halides is 4. The third kappa shape index (κ3) is 71.5. The third-order valence-corrected chi connectivity index (χ3v) is 25.2. The molecule has 0 saturated carbocycles. The highest BCUT2D eigenvalue weighted by molar-refractivity contribution is 7.99. The predicted molar refractivity (Wildman–Crippen MR) is 543 cm³/mol. The first-order chi connectivity index (χ1) is 59.0. The van der Waals surface area contributed by atoms with Crippen LogP contribution in [0, 0.1) is 5.82 Å². The van der Waals surface area contributed by atoms with Crippen molar-refractivity contribution >= 4 is 305 Å². The van der Waals surface area contributed by atoms with Crippen molar-refractivity contribution < 1.29 is 98.7 Å². The maximum absolute atomic E-state index is 12.2. The number of primary sulfonamides is 3. The van der Waals surface area contributed by atoms with E-state index < -0.39 is 88.6 Å². The second kappa shape index (κ2) is 82.4. The van der Waals surface area contributed by atoms with Gasteiger partial charge in [0.15, 0.2) is 24.6 Å². The van der Waals surface area contributed by atoms with Gasteiger partial charge in [0, 0.05) is 167 Å². The number of nitrogens with one attached hydrogen (secondary N) is 4. The SMILES string of the molecule is CC(=O)Cl.CO.CSCCN.CSCCNc1ccc(S(N)(=O)=O)cc1.ClCCCl.ClCCCl.NS(=O)(=O)c1ccc(F)cc1.O.[B].[B]C(=O)Cl.[B]C(=O)N(CCSC)c1ccc(S(=O)(=O)NC(C)=O)cc1.[B]C(=O)N(CCSC)c1ccc(S(N)(=O)=O)cc1.[B]CN(CCSC)c1ccc(S(=O)(=O)NC)cc1.[B]CN(CCSOOC)c1ccc(S(=O)(=O)NC)cc1. The molecule has 0 fully saturated rings. The number of nitrogens with zero attached hydrogens (tertiary/aromatic N) is 4. The van der Waals surface area contributed by atoms with Crippen molar-refractivity contribution in [2.24, 2.45) is 21.2 Å². The zero-order chi connectivity index (χ0) is 98.3. The monoisotopic (exact) mass is 2130 g/mol. The summed E-state index contributed by atoms with van der Waals surface area (Å²) in [5, 5.41) is 23.7. The smallest absolute Gasteiger partial charge is 0.264 e. The van der Waals surface area contributed by atoms with Gasteiger partial charge < -0.3 is 41.2 Å². The lowest BCUT2D eigenvalue weighted by Crippen LogP contribution is -2.32. The zero-order valence-electron chi connectivity index (χ0n) is 71.9. The van der Waals surface area contributed by atoms with Gasteiger partial charge in [0.25, 0.3) is 10.0 Å². The summed E-state index contributed by atoms with van der Waals surface area (Å²) in [6.45, 7) is 6.46. The number of thioether (sulfide) groups is 5. The van der Waals surface area contributed by atoms with E-state index in [9.17, 15) is 74.1 Å². The van der Waals surface area contributed by atoms with E-state index in [0.717, 1.165) is 98.0 Å². The molecule has 713 valence electrons. The van der Waals surface area contributed by atoms with E-state index in [2.05, 4.69) is 50.7 Å². The molecule has 0 spiro atoms. The summed E-state index contributed by atoms with van der Waals surface area (Å²) in [5.41, 5.74) is 8.84. The Morgan fingerprint density at radius 3 is 0.961 bits per heavy atom. The Balaban J connectivity index is -0.000000215. The van der Waals surface area contributed by atoms with Crippen LogP contribution in [-0.2, 0) is 79.0 Å². The summed E-state index contributed by atoms with van der Waals surface area (Å²) in [7, 11) is 9.74. The van der Waals surface area contributed by atoms with Crippen molar-refractivity contribution in [1.29, 1.82) is 0 Å². The Hall–Kier alpha value is -4.07. The summed E-state index contributed by atoms with van der Waals surface area (Å²) in [6, 6.07) is 35.3. The number of aliphatic hydroxyl groups is 1. The van der Waals surface area contributed by atoms with Crippen LogP contribution in [0.5, 0.6) is 0 Å². The molecule has 6 aromatic carbocycles. The number of sulfonamides is 6. The normalized spacial score (nSPS) is 10.3. The molecule has 13 radical (unpaired) electrons. The number of halogens is 7. The van der Waals surface area contributed by atoms with Crippen LogP contribution in [0.4, 0.5) is 47.2 Å². The number of carbonyl (C=O) groups excluding carboxylic acids is 5. The molecule has 128 heavy (non-hydrogen) atoms. The number of aliphatic hydroxyl groups excluding tert-OH is 1. The van der Waals surface area contributed by atoms with Crippen molar-refractivity contribution in [3.05, 3.63) is 151 Å². The van der Waals surface area contributed by atoms with Crippen molar-refractivity contribution in [2.75, 3.05) is 195 Å². The number of hydrogen-bond acceptors (Lipinski definition) is 30. The Kier molecular flexibility index (Phi) is 89.7. The average Bonchev–Trinajstić information content (AvgIpc) is 0.831. The highest BCUT2D eigenvalue weighted by atomic mass is 35.5. The van der Waals surface area contributed by atoms with E-state index in [-0.39, 0.29) is 48.5 Å². The topological polar surface area (TPSA) is 526 Å². The lowest BCUT2D eigenvalue weighted by molar-refractivity contribution is -0.160. The molecule has 0 atom stereocenters. The van der Waals surface area contributed by atoms with Gasteiger partial charge >= 0.3 is 0 Å². The van der Waals surface area contributed by atoms with E-state index >= 15 is 0 Å². The van der Waals surface area contributed by atoms with E-state index in [1.165, 1.54) is 111 Å². The number of rotatable bonds is 37. The molecule has 6 rings (SSSR count). The first-order valence-electron chi connectivity index (χ1n) is 35.3. The van der Waals surface area contributed by atoms with E-state index in [1.807, 2.05) is 45.8 Å². The van der Waals surface area contributed by atoms with Crippen LogP contribution < -0.4 is 60.2 Å². The summed E-state index contributed by atoms with van der Waals surface area (Å²) >= 11 is 38.9. The van der Waals surface area contributed by atoms with Gasteiger partial charge in [-0.1, -0.05) is 11.6 Å². The first kappa shape index (κ1) is 139. The molecular weight excluding hydrogens is 2030 g/mol. The molecule has 0 aliphatic heterocycles. The van der Waals surface area contributed by atoms with Gasteiger partial charge in [-0.25, -0.2) is 89.4 Å². The van der Waals surface area contributed by atoms with E-state index in [4.69, 9.17) is 113 Å². The van der Waals surface area contributed by atoms with Crippen LogP contribution in [0.25, 0.3) is 0 Å². The Morgan fingerprint density at radius 1 is 0.453 bits per heavy atom. The first-order valence-corrected chi connectivity index (χ1v) is 55.1. The molecule has 58 heteroatoms. The number of amides is 3. The molecule has 0 saturated heterocycles. The fourth-order valence-corrected chi connectivity index (χ4v) is 13.9. The van der Waals surface area contributed by atoms with Crippen LogP contribution in [0.2, 0.25) is 0 Å². The molecule has 0 unspecified atom stereocenters. The zero-order valence-corrected chi connectivity index (χ0v) is 86.2. The largest absolute Gasteiger partial charge is 0.412 e. The lowest BCUT2D eigenvalue weighted by atomic mass is 10.1. The van der Waals surface area contributed by atoms with Gasteiger partial charge in [-0.05, 0) is 215 Å². The molecule has 15 N–H and O–H groups in total. The summed E-state index contributed by atoms with van der Waals surface area (Å²) in [6.07, 6.45) is 10.7. The second-order valence-electron chi connectivity index (χ2n) is 22.3. The number of anilines is 5. The van der Waals surface area contributed by atoms with Crippen molar-refractivity contribution in [2.45, 2.75) is 43.2 Å². The molecule has 0 aromatic heterocycles. The molecule has 0 bridgehead atoms. The lowest BCUT2D eigenvalue weighted by Gasteiger charge is -2.23. The van der Waals surface area contributed by atoms with Gasteiger partial charge in [0.05, 0.1) is 52.2 Å². The van der Waals surface area contributed by atoms with E-state index in [1.54, 1.807) is 119 Å². The maximum atomic E-state index is 12.2. The van der Waals surface area contributed by atoms with Gasteiger partial charge in [-0.15, -0.1) is 46.4 Å². The fourth-order valence-electron chi connectivity index (χ4n) is 7.76. The van der Waals surface area contributed by atoms with Gasteiger partial charge in [0.1, 0.15) is 5.82 Å². The van der Waals surface area contributed by atoms with Crippen molar-refractivity contribution in [3.8, 4) is 0 Å². The summed E-state index contributed by atoms with van der Waals surface area (Å²) < 4.78 is 159. The maximum Gasteiger partial charge on any atom is 0.264 e. The molecule has 3 amide bonds. The average molecular weight is 2140 g/mol. The Bertz CT molecular complexity index is 4640. The van der Waals surface area contributed by atoms with Gasteiger partial charge in [-0.3, -0.25) is 24.0 Å². The molecule has 0 heterocycles. The highest BCUT2D eigenvalue weighted by Gasteiger charge is 2.19. The highest BCUT2D eigenvalue weighted by Crippen LogP contribution is 2.23. The Morgan fingerprint density at radius 2 is 0.719 bits per heavy atom. The number of nitrogens with two attached hydrogens (primary N) is 4. The summed E-state index contributed by atoms with van der Waals surface area (Å²) in [5.74, 6) is 5.07. The minimum absolute atomic E-state index is 0. The van der Waals surface area contributed by atoms with Crippen LogP contribution in [-0.4, -0.2) is 306 Å². The van der Waals surface area contributed by atoms with Crippen molar-refractivity contribution in [1.82, 2.24) is 14.2 Å². The molecular formula is C70H108B6Cl6FN12O21S12. The molecule has 0 aliphatic rings. The number of benzene rings is 6. The number of carbonyl (C=O) groups is 5. The number of hydrogen-bond donors (Lipinski definition) is 9. The quantitative estimate of drug-likeness (QED) is 0.00340. The minimum atomic E-state index is -3.88. The van der Waals surface area contributed by atoms with Crippen LogP contribution in [0.15, 0.2) is 175 Å². The molecule has 33 nitrogen and oxygen atoms in total. The molecule has 6 aromatic rings. The third-order valence-electron chi connectivity index (χ3n) is 13.3. The minimum Gasteiger partial charge on any atom is -0.412 e. The van der Waals surface area contributed by atoms with Gasteiger partial charge in [0.2, 0.25) is 77.0 Å².